The molecule has 0 atom stereocenters. The van der Waals surface area contributed by atoms with Gasteiger partial charge in [0.15, 0.2) is 11.5 Å². The van der Waals surface area contributed by atoms with Crippen LogP contribution in [0.4, 0.5) is 4.39 Å². The van der Waals surface area contributed by atoms with Crippen LogP contribution in [0.2, 0.25) is 4.34 Å². The molecule has 3 aromatic rings. The number of carbonyl (C=O) groups is 1. The van der Waals surface area contributed by atoms with Crippen LogP contribution in [0.15, 0.2) is 40.8 Å². The molecule has 0 fully saturated rings. The van der Waals surface area contributed by atoms with Crippen molar-refractivity contribution in [1.82, 2.24) is 4.98 Å². The molecule has 0 saturated carbocycles. The van der Waals surface area contributed by atoms with Crippen LogP contribution in [0.25, 0.3) is 22.1 Å². The van der Waals surface area contributed by atoms with Gasteiger partial charge >= 0.3 is 5.97 Å². The van der Waals surface area contributed by atoms with Crippen molar-refractivity contribution in [3.63, 3.8) is 0 Å². The second-order valence-electron chi connectivity index (χ2n) is 4.30. The van der Waals surface area contributed by atoms with Gasteiger partial charge in [0.1, 0.15) is 5.82 Å². The summed E-state index contributed by atoms with van der Waals surface area (Å²) in [4.78, 5) is 16.7. The second kappa shape index (κ2) is 5.90. The second-order valence-corrected chi connectivity index (χ2v) is 6.01. The van der Waals surface area contributed by atoms with Gasteiger partial charge in [-0.2, -0.15) is 0 Å². The van der Waals surface area contributed by atoms with Crippen LogP contribution in [0.1, 0.15) is 10.5 Å². The first-order valence-corrected chi connectivity index (χ1v) is 7.38. The molecule has 2 heterocycles. The number of thiophene rings is 1. The molecule has 0 N–H and O–H groups in total. The lowest BCUT2D eigenvalue weighted by atomic mass is 10.2. The predicted molar refractivity (Wildman–Crippen MR) is 81.6 cm³/mol. The minimum atomic E-state index is -0.614. The third-order valence-corrected chi connectivity index (χ3v) is 4.12. The highest BCUT2D eigenvalue weighted by atomic mass is 35.5. The summed E-state index contributed by atoms with van der Waals surface area (Å²) in [5.74, 6) is -0.492. The van der Waals surface area contributed by atoms with Gasteiger partial charge < -0.3 is 9.15 Å². The van der Waals surface area contributed by atoms with Crippen molar-refractivity contribution in [2.24, 2.45) is 0 Å². The number of esters is 1. The molecule has 2 aromatic heterocycles. The monoisotopic (exact) mass is 337 g/mol. The van der Waals surface area contributed by atoms with E-state index < -0.39 is 5.97 Å². The van der Waals surface area contributed by atoms with E-state index in [4.69, 9.17) is 20.8 Å². The largest absolute Gasteiger partial charge is 0.464 e. The molecule has 112 valence electrons. The Balaban J connectivity index is 2.12. The standard InChI is InChI=1S/C15H9ClFNO3S/c1-20-15(19)12-13(10-6-7-11(16)22-10)21-14(18-12)8-2-4-9(17)5-3-8/h2-7H,1H3. The van der Waals surface area contributed by atoms with E-state index in [1.54, 1.807) is 12.1 Å². The summed E-state index contributed by atoms with van der Waals surface area (Å²) in [6.07, 6.45) is 0. The number of oxazole rings is 1. The van der Waals surface area contributed by atoms with Crippen molar-refractivity contribution >= 4 is 28.9 Å². The summed E-state index contributed by atoms with van der Waals surface area (Å²) in [5, 5.41) is 0. The van der Waals surface area contributed by atoms with E-state index in [2.05, 4.69) is 4.98 Å². The van der Waals surface area contributed by atoms with Gasteiger partial charge in [0.05, 0.1) is 16.3 Å². The van der Waals surface area contributed by atoms with Crippen LogP contribution in [-0.2, 0) is 4.74 Å². The fourth-order valence-corrected chi connectivity index (χ4v) is 2.90. The van der Waals surface area contributed by atoms with E-state index >= 15 is 0 Å². The van der Waals surface area contributed by atoms with E-state index in [0.29, 0.717) is 14.8 Å². The molecule has 0 amide bonds. The van der Waals surface area contributed by atoms with Crippen LogP contribution in [0.3, 0.4) is 0 Å². The van der Waals surface area contributed by atoms with Gasteiger partial charge in [-0.25, -0.2) is 14.2 Å². The Bertz CT molecular complexity index is 826. The Morgan fingerprint density at radius 1 is 1.27 bits per heavy atom. The molecular weight excluding hydrogens is 329 g/mol. The van der Waals surface area contributed by atoms with Crippen molar-refractivity contribution in [3.05, 3.63) is 52.2 Å². The SMILES string of the molecule is COC(=O)c1nc(-c2ccc(F)cc2)oc1-c1ccc(Cl)s1. The van der Waals surface area contributed by atoms with Crippen molar-refractivity contribution in [3.8, 4) is 22.1 Å². The van der Waals surface area contributed by atoms with Gasteiger partial charge in [0, 0.05) is 5.56 Å². The lowest BCUT2D eigenvalue weighted by molar-refractivity contribution is 0.0595. The summed E-state index contributed by atoms with van der Waals surface area (Å²) < 4.78 is 24.0. The number of hydrogen-bond acceptors (Lipinski definition) is 5. The molecule has 4 nitrogen and oxygen atoms in total. The van der Waals surface area contributed by atoms with E-state index in [1.165, 1.54) is 42.7 Å². The van der Waals surface area contributed by atoms with Gasteiger partial charge in [0.2, 0.25) is 5.89 Å². The molecule has 22 heavy (non-hydrogen) atoms. The van der Waals surface area contributed by atoms with Gasteiger partial charge in [-0.05, 0) is 36.4 Å². The lowest BCUT2D eigenvalue weighted by Gasteiger charge is -1.95. The molecular formula is C15H9ClFNO3S. The highest BCUT2D eigenvalue weighted by molar-refractivity contribution is 7.19. The molecule has 0 bridgehead atoms. The molecule has 0 spiro atoms. The maximum absolute atomic E-state index is 13.0. The molecule has 3 rings (SSSR count). The minimum absolute atomic E-state index is 0.0559. The number of hydrogen-bond donors (Lipinski definition) is 0. The number of halogens is 2. The third-order valence-electron chi connectivity index (χ3n) is 2.89. The lowest BCUT2D eigenvalue weighted by Crippen LogP contribution is -2.03. The quantitative estimate of drug-likeness (QED) is 0.653. The number of aromatic nitrogens is 1. The molecule has 7 heteroatoms. The Morgan fingerprint density at radius 2 is 2.00 bits per heavy atom. The van der Waals surface area contributed by atoms with Crippen LogP contribution in [0, 0.1) is 5.82 Å². The smallest absolute Gasteiger partial charge is 0.360 e. The maximum Gasteiger partial charge on any atom is 0.360 e. The maximum atomic E-state index is 13.0. The normalized spacial score (nSPS) is 10.7. The summed E-state index contributed by atoms with van der Waals surface area (Å²) in [7, 11) is 1.26. The van der Waals surface area contributed by atoms with Gasteiger partial charge in [-0.3, -0.25) is 0 Å². The fraction of sp³-hybridized carbons (Fsp3) is 0.0667. The van der Waals surface area contributed by atoms with E-state index in [0.717, 1.165) is 0 Å². The Hall–Kier alpha value is -2.18. The van der Waals surface area contributed by atoms with Gasteiger partial charge in [-0.1, -0.05) is 11.6 Å². The number of ether oxygens (including phenoxy) is 1. The summed E-state index contributed by atoms with van der Waals surface area (Å²) >= 11 is 7.17. The summed E-state index contributed by atoms with van der Waals surface area (Å²) in [6, 6.07) is 9.05. The predicted octanol–water partition coefficient (Wildman–Crippen LogP) is 4.65. The number of methoxy groups -OCH3 is 1. The fourth-order valence-electron chi connectivity index (χ4n) is 1.87. The third kappa shape index (κ3) is 2.75. The molecule has 1 aromatic carbocycles. The number of nitrogens with zero attached hydrogens (tertiary/aromatic N) is 1. The van der Waals surface area contributed by atoms with Crippen molar-refractivity contribution in [2.75, 3.05) is 7.11 Å². The first-order chi connectivity index (χ1) is 10.6. The molecule has 0 saturated heterocycles. The first-order valence-electron chi connectivity index (χ1n) is 6.19. The number of benzene rings is 1. The van der Waals surface area contributed by atoms with Gasteiger partial charge in [0.25, 0.3) is 0 Å². The molecule has 0 unspecified atom stereocenters. The topological polar surface area (TPSA) is 52.3 Å². The molecule has 0 radical (unpaired) electrons. The Kier molecular flexibility index (Phi) is 3.96. The summed E-state index contributed by atoms with van der Waals surface area (Å²) in [5.41, 5.74) is 0.612. The van der Waals surface area contributed by atoms with E-state index in [9.17, 15) is 9.18 Å². The molecule has 0 aliphatic carbocycles. The average Bonchev–Trinajstić information content (AvgIpc) is 3.13. The Labute approximate surface area is 134 Å². The van der Waals surface area contributed by atoms with Gasteiger partial charge in [-0.15, -0.1) is 11.3 Å². The van der Waals surface area contributed by atoms with Crippen molar-refractivity contribution < 1.29 is 18.3 Å². The van der Waals surface area contributed by atoms with Crippen LogP contribution < -0.4 is 0 Å². The van der Waals surface area contributed by atoms with E-state index in [-0.39, 0.29) is 23.2 Å². The Morgan fingerprint density at radius 3 is 2.59 bits per heavy atom. The van der Waals surface area contributed by atoms with Crippen LogP contribution in [0.5, 0.6) is 0 Å². The zero-order valence-corrected chi connectivity index (χ0v) is 12.9. The number of carbonyl (C=O) groups excluding carboxylic acids is 1. The van der Waals surface area contributed by atoms with Crippen molar-refractivity contribution in [2.45, 2.75) is 0 Å². The first kappa shape index (κ1) is 14.7. The van der Waals surface area contributed by atoms with E-state index in [1.807, 2.05) is 0 Å². The van der Waals surface area contributed by atoms with Crippen LogP contribution >= 0.6 is 22.9 Å². The highest BCUT2D eigenvalue weighted by Gasteiger charge is 2.24. The van der Waals surface area contributed by atoms with Crippen molar-refractivity contribution in [1.29, 1.82) is 0 Å². The molecule has 0 aliphatic rings. The molecule has 0 aliphatic heterocycles. The minimum Gasteiger partial charge on any atom is -0.464 e. The zero-order valence-electron chi connectivity index (χ0n) is 11.3. The van der Waals surface area contributed by atoms with Crippen LogP contribution in [-0.4, -0.2) is 18.1 Å². The summed E-state index contributed by atoms with van der Waals surface area (Å²) in [6.45, 7) is 0. The number of rotatable bonds is 3. The zero-order chi connectivity index (χ0) is 15.7. The average molecular weight is 338 g/mol. The highest BCUT2D eigenvalue weighted by Crippen LogP contribution is 2.36.